The minimum absolute atomic E-state index is 0.121. The van der Waals surface area contributed by atoms with Crippen molar-refractivity contribution < 1.29 is 18.0 Å². The summed E-state index contributed by atoms with van der Waals surface area (Å²) in [6.45, 7) is 1.76. The number of halogens is 3. The van der Waals surface area contributed by atoms with E-state index in [-0.39, 0.29) is 17.5 Å². The Morgan fingerprint density at radius 1 is 1.22 bits per heavy atom. The van der Waals surface area contributed by atoms with Gasteiger partial charge in [0.1, 0.15) is 0 Å². The van der Waals surface area contributed by atoms with Crippen LogP contribution in [-0.4, -0.2) is 20.4 Å². The van der Waals surface area contributed by atoms with Gasteiger partial charge in [0.05, 0.1) is 17.6 Å². The van der Waals surface area contributed by atoms with E-state index in [1.807, 2.05) is 24.3 Å². The van der Waals surface area contributed by atoms with E-state index in [1.165, 1.54) is 17.0 Å². The lowest BCUT2D eigenvalue weighted by molar-refractivity contribution is -0.137. The van der Waals surface area contributed by atoms with Crippen molar-refractivity contribution in [3.05, 3.63) is 77.5 Å². The predicted molar refractivity (Wildman–Crippen MR) is 116 cm³/mol. The van der Waals surface area contributed by atoms with E-state index >= 15 is 0 Å². The van der Waals surface area contributed by atoms with Crippen molar-refractivity contribution in [3.63, 3.8) is 0 Å². The monoisotopic (exact) mass is 438 g/mol. The SMILES string of the molecule is Cc1cn(-c2cc(NC(=O)C3CCc4[nH]c5ccccc5c4C3)cc(C(F)(F)F)c2)cn1. The largest absolute Gasteiger partial charge is 0.416 e. The Labute approximate surface area is 182 Å². The molecule has 5 nitrogen and oxygen atoms in total. The average Bonchev–Trinajstić information content (AvgIpc) is 3.36. The first-order valence-electron chi connectivity index (χ1n) is 10.4. The summed E-state index contributed by atoms with van der Waals surface area (Å²) >= 11 is 0. The second-order valence-electron chi connectivity index (χ2n) is 8.25. The topological polar surface area (TPSA) is 62.7 Å². The predicted octanol–water partition coefficient (Wildman–Crippen LogP) is 5.42. The van der Waals surface area contributed by atoms with E-state index in [0.717, 1.165) is 40.7 Å². The van der Waals surface area contributed by atoms with E-state index in [0.29, 0.717) is 24.2 Å². The number of fused-ring (bicyclic) bond motifs is 3. The standard InChI is InChI=1S/C24H21F3N4O/c1-14-12-31(13-28-14)18-10-16(24(25,26)27)9-17(11-18)29-23(32)15-6-7-22-20(8-15)19-4-2-3-5-21(19)30-22/h2-5,9-13,15,30H,6-8H2,1H3,(H,29,32). The van der Waals surface area contributed by atoms with Gasteiger partial charge < -0.3 is 14.9 Å². The van der Waals surface area contributed by atoms with E-state index < -0.39 is 11.7 Å². The molecule has 2 N–H and O–H groups in total. The van der Waals surface area contributed by atoms with Crippen LogP contribution in [0.5, 0.6) is 0 Å². The molecule has 1 atom stereocenters. The highest BCUT2D eigenvalue weighted by atomic mass is 19.4. The molecule has 1 aliphatic rings. The number of carbonyl (C=O) groups is 1. The number of imidazole rings is 1. The molecule has 1 amide bonds. The molecule has 0 aliphatic heterocycles. The van der Waals surface area contributed by atoms with Crippen LogP contribution in [0.4, 0.5) is 18.9 Å². The number of alkyl halides is 3. The van der Waals surface area contributed by atoms with Gasteiger partial charge in [-0.25, -0.2) is 4.98 Å². The first kappa shape index (κ1) is 20.4. The van der Waals surface area contributed by atoms with E-state index in [1.54, 1.807) is 13.1 Å². The number of para-hydroxylation sites is 1. The number of nitrogens with one attached hydrogen (secondary N) is 2. The van der Waals surface area contributed by atoms with Crippen LogP contribution in [0.15, 0.2) is 55.0 Å². The minimum Gasteiger partial charge on any atom is -0.358 e. The van der Waals surface area contributed by atoms with Gasteiger partial charge in [0.2, 0.25) is 5.91 Å². The lowest BCUT2D eigenvalue weighted by atomic mass is 9.85. The summed E-state index contributed by atoms with van der Waals surface area (Å²) in [6.07, 6.45) is 0.478. The molecule has 0 radical (unpaired) electrons. The Balaban J connectivity index is 1.42. The van der Waals surface area contributed by atoms with Crippen LogP contribution in [0.3, 0.4) is 0 Å². The molecule has 0 spiro atoms. The third kappa shape index (κ3) is 3.77. The summed E-state index contributed by atoms with van der Waals surface area (Å²) in [4.78, 5) is 20.5. The van der Waals surface area contributed by atoms with E-state index in [4.69, 9.17) is 0 Å². The van der Waals surface area contributed by atoms with Crippen molar-refractivity contribution in [3.8, 4) is 5.69 Å². The molecule has 0 saturated carbocycles. The first-order chi connectivity index (χ1) is 15.3. The zero-order valence-electron chi connectivity index (χ0n) is 17.3. The number of amides is 1. The van der Waals surface area contributed by atoms with Crippen LogP contribution in [0.2, 0.25) is 0 Å². The van der Waals surface area contributed by atoms with Gasteiger partial charge in [-0.2, -0.15) is 13.2 Å². The van der Waals surface area contributed by atoms with Crippen LogP contribution in [0, 0.1) is 12.8 Å². The molecule has 2 heterocycles. The normalized spacial score (nSPS) is 16.2. The number of aryl methyl sites for hydroxylation is 2. The fourth-order valence-electron chi connectivity index (χ4n) is 4.40. The van der Waals surface area contributed by atoms with Gasteiger partial charge in [-0.3, -0.25) is 4.79 Å². The highest BCUT2D eigenvalue weighted by Crippen LogP contribution is 2.35. The number of nitrogens with zero attached hydrogens (tertiary/aromatic N) is 2. The van der Waals surface area contributed by atoms with Crippen LogP contribution in [-0.2, 0) is 23.8 Å². The molecule has 2 aromatic carbocycles. The van der Waals surface area contributed by atoms with Crippen LogP contribution >= 0.6 is 0 Å². The molecule has 8 heteroatoms. The van der Waals surface area contributed by atoms with Gasteiger partial charge in [-0.15, -0.1) is 0 Å². The highest BCUT2D eigenvalue weighted by molar-refractivity contribution is 5.94. The molecule has 1 aliphatic carbocycles. The molecule has 2 aromatic heterocycles. The maximum Gasteiger partial charge on any atom is 0.416 e. The zero-order valence-corrected chi connectivity index (χ0v) is 17.3. The van der Waals surface area contributed by atoms with Crippen LogP contribution in [0.1, 0.15) is 28.9 Å². The minimum atomic E-state index is -4.53. The summed E-state index contributed by atoms with van der Waals surface area (Å²) in [5.41, 5.74) is 3.56. The number of anilines is 1. The van der Waals surface area contributed by atoms with Crippen molar-refractivity contribution >= 4 is 22.5 Å². The van der Waals surface area contributed by atoms with Gasteiger partial charge in [0, 0.05) is 40.1 Å². The molecular formula is C24H21F3N4O. The Bertz CT molecular complexity index is 1320. The Morgan fingerprint density at radius 3 is 2.78 bits per heavy atom. The number of benzene rings is 2. The molecule has 164 valence electrons. The van der Waals surface area contributed by atoms with Crippen molar-refractivity contribution in [2.24, 2.45) is 5.92 Å². The number of aromatic amines is 1. The Kier molecular flexibility index (Phi) is 4.80. The Hall–Kier alpha value is -3.55. The summed E-state index contributed by atoms with van der Waals surface area (Å²) in [7, 11) is 0. The van der Waals surface area contributed by atoms with Gasteiger partial charge in [0.15, 0.2) is 0 Å². The van der Waals surface area contributed by atoms with Gasteiger partial charge >= 0.3 is 6.18 Å². The highest BCUT2D eigenvalue weighted by Gasteiger charge is 2.32. The fourth-order valence-corrected chi connectivity index (χ4v) is 4.40. The zero-order chi connectivity index (χ0) is 22.5. The second kappa shape index (κ2) is 7.55. The second-order valence-corrected chi connectivity index (χ2v) is 8.25. The van der Waals surface area contributed by atoms with Crippen molar-refractivity contribution in [1.82, 2.24) is 14.5 Å². The fraction of sp³-hybridized carbons (Fsp3) is 0.250. The number of hydrogen-bond donors (Lipinski definition) is 2. The summed E-state index contributed by atoms with van der Waals surface area (Å²) in [5.74, 6) is -0.580. The molecule has 0 fully saturated rings. The summed E-state index contributed by atoms with van der Waals surface area (Å²) in [6, 6.07) is 11.5. The molecule has 1 unspecified atom stereocenters. The summed E-state index contributed by atoms with van der Waals surface area (Å²) < 4.78 is 42.0. The number of aromatic nitrogens is 3. The number of hydrogen-bond acceptors (Lipinski definition) is 2. The number of carbonyl (C=O) groups excluding carboxylic acids is 1. The van der Waals surface area contributed by atoms with E-state index in [2.05, 4.69) is 15.3 Å². The van der Waals surface area contributed by atoms with Gasteiger partial charge in [-0.1, -0.05) is 18.2 Å². The molecule has 4 aromatic rings. The molecule has 0 bridgehead atoms. The van der Waals surface area contributed by atoms with Gasteiger partial charge in [0.25, 0.3) is 0 Å². The van der Waals surface area contributed by atoms with E-state index in [9.17, 15) is 18.0 Å². The lowest BCUT2D eigenvalue weighted by Gasteiger charge is -2.22. The third-order valence-electron chi connectivity index (χ3n) is 5.99. The Morgan fingerprint density at radius 2 is 2.03 bits per heavy atom. The molecule has 5 rings (SSSR count). The van der Waals surface area contributed by atoms with Crippen molar-refractivity contribution in [2.45, 2.75) is 32.4 Å². The molecule has 0 saturated heterocycles. The third-order valence-corrected chi connectivity index (χ3v) is 5.99. The number of rotatable bonds is 3. The average molecular weight is 438 g/mol. The smallest absolute Gasteiger partial charge is 0.358 e. The van der Waals surface area contributed by atoms with Crippen molar-refractivity contribution in [1.29, 1.82) is 0 Å². The quantitative estimate of drug-likeness (QED) is 0.448. The van der Waals surface area contributed by atoms with Crippen LogP contribution in [0.25, 0.3) is 16.6 Å². The van der Waals surface area contributed by atoms with Crippen molar-refractivity contribution in [2.75, 3.05) is 5.32 Å². The lowest BCUT2D eigenvalue weighted by Crippen LogP contribution is -2.28. The van der Waals surface area contributed by atoms with Gasteiger partial charge in [-0.05, 0) is 56.0 Å². The molecule has 32 heavy (non-hydrogen) atoms. The molecular weight excluding hydrogens is 417 g/mol. The maximum atomic E-state index is 13.5. The number of H-pyrrole nitrogens is 1. The maximum absolute atomic E-state index is 13.5. The van der Waals surface area contributed by atoms with Crippen LogP contribution < -0.4 is 5.32 Å². The summed E-state index contributed by atoms with van der Waals surface area (Å²) in [5, 5.41) is 3.82. The first-order valence-corrected chi connectivity index (χ1v) is 10.4.